The Balaban J connectivity index is 1.29. The molecular formula is C24H30N6O4. The van der Waals surface area contributed by atoms with Crippen LogP contribution in [0.15, 0.2) is 16.7 Å². The molecule has 1 N–H and O–H groups in total. The summed E-state index contributed by atoms with van der Waals surface area (Å²) in [5.41, 5.74) is 2.95. The first-order chi connectivity index (χ1) is 16.5. The Labute approximate surface area is 197 Å². The van der Waals surface area contributed by atoms with Crippen LogP contribution < -0.4 is 4.74 Å². The van der Waals surface area contributed by atoms with E-state index in [1.165, 1.54) is 12.8 Å². The van der Waals surface area contributed by atoms with Crippen molar-refractivity contribution in [1.29, 1.82) is 0 Å². The van der Waals surface area contributed by atoms with Crippen molar-refractivity contribution in [2.24, 2.45) is 18.9 Å². The Morgan fingerprint density at radius 1 is 1.24 bits per heavy atom. The molecule has 2 saturated carbocycles. The highest BCUT2D eigenvalue weighted by Gasteiger charge is 2.29. The van der Waals surface area contributed by atoms with Gasteiger partial charge in [0, 0.05) is 13.5 Å². The Kier molecular flexibility index (Phi) is 6.30. The van der Waals surface area contributed by atoms with Gasteiger partial charge in [-0.05, 0) is 57.1 Å². The molecule has 3 heterocycles. The minimum atomic E-state index is -0.745. The standard InChI is InChI=1S/C24H30N6O4/c1-14-20(33-17-5-3-4-16(12-17)24(31)32)10-9-18(25-14)23-19(30(2)29-27-23)13-21-26-22(34-28-21)11-8-15-6-7-15/h9-10,15-17H,3-8,11-13H2,1-2H3,(H,31,32)/t16-,17-/m0/s1. The fourth-order valence-electron chi connectivity index (χ4n) is 4.58. The zero-order valence-corrected chi connectivity index (χ0v) is 19.6. The molecule has 180 valence electrons. The van der Waals surface area contributed by atoms with Crippen LogP contribution in [0.2, 0.25) is 0 Å². The summed E-state index contributed by atoms with van der Waals surface area (Å²) in [6.07, 6.45) is 7.83. The van der Waals surface area contributed by atoms with Crippen LogP contribution in [0.1, 0.15) is 68.0 Å². The Morgan fingerprint density at radius 3 is 2.85 bits per heavy atom. The second-order valence-electron chi connectivity index (χ2n) is 9.49. The van der Waals surface area contributed by atoms with Crippen LogP contribution in [-0.2, 0) is 24.7 Å². The second-order valence-corrected chi connectivity index (χ2v) is 9.49. The van der Waals surface area contributed by atoms with Gasteiger partial charge in [0.1, 0.15) is 11.4 Å². The van der Waals surface area contributed by atoms with Crippen molar-refractivity contribution in [1.82, 2.24) is 30.1 Å². The topological polar surface area (TPSA) is 129 Å². The molecule has 2 fully saturated rings. The number of hydrogen-bond acceptors (Lipinski definition) is 8. The largest absolute Gasteiger partial charge is 0.489 e. The van der Waals surface area contributed by atoms with E-state index in [1.807, 2.05) is 26.1 Å². The smallest absolute Gasteiger partial charge is 0.306 e. The molecule has 10 nitrogen and oxygen atoms in total. The molecule has 0 aromatic carbocycles. The average molecular weight is 467 g/mol. The number of carboxylic acids is 1. The average Bonchev–Trinajstić information content (AvgIpc) is 3.44. The van der Waals surface area contributed by atoms with Crippen LogP contribution in [0, 0.1) is 18.8 Å². The molecule has 0 spiro atoms. The molecule has 2 aliphatic carbocycles. The van der Waals surface area contributed by atoms with E-state index in [1.54, 1.807) is 4.68 Å². The molecule has 2 atom stereocenters. The summed E-state index contributed by atoms with van der Waals surface area (Å²) >= 11 is 0. The summed E-state index contributed by atoms with van der Waals surface area (Å²) in [7, 11) is 1.84. The highest BCUT2D eigenvalue weighted by atomic mass is 16.5. The predicted molar refractivity (Wildman–Crippen MR) is 121 cm³/mol. The molecule has 5 rings (SSSR count). The highest BCUT2D eigenvalue weighted by molar-refractivity contribution is 5.70. The number of aliphatic carboxylic acids is 1. The molecule has 0 aliphatic heterocycles. The predicted octanol–water partition coefficient (Wildman–Crippen LogP) is 3.52. The maximum absolute atomic E-state index is 11.4. The number of carboxylic acid groups (broad SMARTS) is 1. The van der Waals surface area contributed by atoms with Gasteiger partial charge < -0.3 is 14.4 Å². The minimum Gasteiger partial charge on any atom is -0.489 e. The zero-order valence-electron chi connectivity index (χ0n) is 19.6. The van der Waals surface area contributed by atoms with Gasteiger partial charge in [0.15, 0.2) is 5.82 Å². The normalized spacial score (nSPS) is 20.4. The first-order valence-corrected chi connectivity index (χ1v) is 12.0. The van der Waals surface area contributed by atoms with E-state index < -0.39 is 5.97 Å². The van der Waals surface area contributed by atoms with E-state index in [4.69, 9.17) is 14.2 Å². The van der Waals surface area contributed by atoms with Crippen molar-refractivity contribution in [3.63, 3.8) is 0 Å². The zero-order chi connectivity index (χ0) is 23.7. The van der Waals surface area contributed by atoms with E-state index in [9.17, 15) is 9.90 Å². The lowest BCUT2D eigenvalue weighted by Gasteiger charge is -2.27. The van der Waals surface area contributed by atoms with Gasteiger partial charge in [-0.15, -0.1) is 5.10 Å². The number of hydrogen-bond donors (Lipinski definition) is 1. The summed E-state index contributed by atoms with van der Waals surface area (Å²) in [6.45, 7) is 1.89. The molecule has 10 heteroatoms. The number of nitrogens with zero attached hydrogens (tertiary/aromatic N) is 6. The van der Waals surface area contributed by atoms with Gasteiger partial charge in [0.25, 0.3) is 0 Å². The molecule has 0 bridgehead atoms. The molecule has 0 amide bonds. The van der Waals surface area contributed by atoms with Gasteiger partial charge in [-0.1, -0.05) is 23.2 Å². The third kappa shape index (κ3) is 5.10. The van der Waals surface area contributed by atoms with E-state index >= 15 is 0 Å². The van der Waals surface area contributed by atoms with E-state index in [0.717, 1.165) is 43.0 Å². The van der Waals surface area contributed by atoms with E-state index in [0.29, 0.717) is 48.1 Å². The number of ether oxygens (including phenoxy) is 1. The summed E-state index contributed by atoms with van der Waals surface area (Å²) < 4.78 is 13.3. The SMILES string of the molecule is Cc1nc(-c2nnn(C)c2Cc2noc(CCC3CC3)n2)ccc1O[C@H]1CCC[C@H](C(=O)O)C1. The van der Waals surface area contributed by atoms with Crippen molar-refractivity contribution in [2.45, 2.75) is 70.8 Å². The summed E-state index contributed by atoms with van der Waals surface area (Å²) in [5.74, 6) is 1.70. The van der Waals surface area contributed by atoms with Gasteiger partial charge in [0.2, 0.25) is 5.89 Å². The van der Waals surface area contributed by atoms with Crippen molar-refractivity contribution < 1.29 is 19.2 Å². The molecule has 3 aromatic heterocycles. The Hall–Kier alpha value is -3.30. The minimum absolute atomic E-state index is 0.111. The van der Waals surface area contributed by atoms with Crippen molar-refractivity contribution >= 4 is 5.97 Å². The molecule has 2 aliphatic rings. The van der Waals surface area contributed by atoms with Crippen LogP contribution in [0.3, 0.4) is 0 Å². The van der Waals surface area contributed by atoms with Crippen LogP contribution in [-0.4, -0.2) is 47.3 Å². The van der Waals surface area contributed by atoms with Gasteiger partial charge in [-0.2, -0.15) is 4.98 Å². The van der Waals surface area contributed by atoms with Gasteiger partial charge in [-0.25, -0.2) is 4.98 Å². The number of pyridine rings is 1. The monoisotopic (exact) mass is 466 g/mol. The molecule has 0 saturated heterocycles. The maximum Gasteiger partial charge on any atom is 0.306 e. The van der Waals surface area contributed by atoms with Crippen LogP contribution in [0.25, 0.3) is 11.4 Å². The third-order valence-electron chi connectivity index (χ3n) is 6.79. The number of carbonyl (C=O) groups is 1. The van der Waals surface area contributed by atoms with Crippen LogP contribution in [0.5, 0.6) is 5.75 Å². The van der Waals surface area contributed by atoms with Crippen molar-refractivity contribution in [2.75, 3.05) is 0 Å². The van der Waals surface area contributed by atoms with Gasteiger partial charge >= 0.3 is 5.97 Å². The first kappa shape index (κ1) is 22.5. The Morgan fingerprint density at radius 2 is 2.09 bits per heavy atom. The lowest BCUT2D eigenvalue weighted by Crippen LogP contribution is -2.29. The van der Waals surface area contributed by atoms with Crippen LogP contribution >= 0.6 is 0 Å². The van der Waals surface area contributed by atoms with Crippen molar-refractivity contribution in [3.05, 3.63) is 35.2 Å². The number of rotatable bonds is 9. The number of aryl methyl sites for hydroxylation is 3. The molecule has 3 aromatic rings. The molecule has 0 unspecified atom stereocenters. The summed E-state index contributed by atoms with van der Waals surface area (Å²) in [4.78, 5) is 20.6. The fraction of sp³-hybridized carbons (Fsp3) is 0.583. The lowest BCUT2D eigenvalue weighted by molar-refractivity contribution is -0.143. The summed E-state index contributed by atoms with van der Waals surface area (Å²) in [6, 6.07) is 3.75. The molecule has 34 heavy (non-hydrogen) atoms. The van der Waals surface area contributed by atoms with Gasteiger partial charge in [-0.3, -0.25) is 9.48 Å². The van der Waals surface area contributed by atoms with Crippen molar-refractivity contribution in [3.8, 4) is 17.1 Å². The third-order valence-corrected chi connectivity index (χ3v) is 6.79. The second kappa shape index (κ2) is 9.52. The Bertz CT molecular complexity index is 1170. The molecule has 0 radical (unpaired) electrons. The number of aromatic nitrogens is 6. The first-order valence-electron chi connectivity index (χ1n) is 12.0. The van der Waals surface area contributed by atoms with Crippen LogP contribution in [0.4, 0.5) is 0 Å². The fourth-order valence-corrected chi connectivity index (χ4v) is 4.58. The van der Waals surface area contributed by atoms with Gasteiger partial charge in [0.05, 0.1) is 35.5 Å². The molecular weight excluding hydrogens is 436 g/mol. The summed E-state index contributed by atoms with van der Waals surface area (Å²) in [5, 5.41) is 22.0. The lowest BCUT2D eigenvalue weighted by atomic mass is 9.87. The van der Waals surface area contributed by atoms with E-state index in [-0.39, 0.29) is 12.0 Å². The highest BCUT2D eigenvalue weighted by Crippen LogP contribution is 2.33. The maximum atomic E-state index is 11.4. The quantitative estimate of drug-likeness (QED) is 0.503. The van der Waals surface area contributed by atoms with E-state index in [2.05, 4.69) is 20.5 Å².